The molecule has 0 radical (unpaired) electrons. The second kappa shape index (κ2) is 9.74. The van der Waals surface area contributed by atoms with Crippen LogP contribution in [0.15, 0.2) is 67.3 Å². The molecule has 0 amide bonds. The maximum atomic E-state index is 6.35. The molecule has 0 aliphatic heterocycles. The Morgan fingerprint density at radius 3 is 2.52 bits per heavy atom. The second-order valence-electron chi connectivity index (χ2n) is 6.08. The van der Waals surface area contributed by atoms with Crippen LogP contribution >= 0.6 is 35.4 Å². The summed E-state index contributed by atoms with van der Waals surface area (Å²) in [7, 11) is 0. The fourth-order valence-corrected chi connectivity index (χ4v) is 3.35. The Morgan fingerprint density at radius 1 is 1.07 bits per heavy atom. The number of nitrogens with one attached hydrogen (secondary N) is 1. The molecule has 3 aromatic rings. The smallest absolute Gasteiger partial charge is 0.173 e. The molecule has 0 spiro atoms. The number of anilines is 1. The average Bonchev–Trinajstić information content (AvgIpc) is 3.18. The Bertz CT molecular complexity index is 883. The summed E-state index contributed by atoms with van der Waals surface area (Å²) in [4.78, 5) is 6.19. The van der Waals surface area contributed by atoms with Gasteiger partial charge in [0.15, 0.2) is 5.11 Å². The summed E-state index contributed by atoms with van der Waals surface area (Å²) < 4.78 is 2.05. The van der Waals surface area contributed by atoms with E-state index in [9.17, 15) is 0 Å². The molecule has 1 aromatic heterocycles. The predicted molar refractivity (Wildman–Crippen MR) is 116 cm³/mol. The molecule has 2 aromatic carbocycles. The van der Waals surface area contributed by atoms with Gasteiger partial charge in [0.1, 0.15) is 0 Å². The summed E-state index contributed by atoms with van der Waals surface area (Å²) in [6, 6.07) is 15.4. The predicted octanol–water partition coefficient (Wildman–Crippen LogP) is 5.48. The third kappa shape index (κ3) is 5.70. The first-order valence-electron chi connectivity index (χ1n) is 8.63. The summed E-state index contributed by atoms with van der Waals surface area (Å²) in [5.74, 6) is 0. The first kappa shape index (κ1) is 19.7. The zero-order valence-electron chi connectivity index (χ0n) is 14.7. The van der Waals surface area contributed by atoms with Crippen LogP contribution < -0.4 is 5.32 Å². The lowest BCUT2D eigenvalue weighted by molar-refractivity contribution is 0.396. The second-order valence-corrected chi connectivity index (χ2v) is 7.28. The van der Waals surface area contributed by atoms with Crippen molar-refractivity contribution in [3.63, 3.8) is 0 Å². The van der Waals surface area contributed by atoms with Crippen LogP contribution in [-0.2, 0) is 13.1 Å². The number of imidazole rings is 1. The molecule has 0 saturated carbocycles. The summed E-state index contributed by atoms with van der Waals surface area (Å²) in [6.45, 7) is 2.27. The van der Waals surface area contributed by atoms with E-state index in [4.69, 9.17) is 35.4 Å². The molecule has 0 saturated heterocycles. The van der Waals surface area contributed by atoms with E-state index in [1.165, 1.54) is 0 Å². The number of rotatable bonds is 7. The maximum absolute atomic E-state index is 6.35. The third-order valence-electron chi connectivity index (χ3n) is 4.13. The monoisotopic (exact) mass is 418 g/mol. The standard InChI is InChI=1S/C20H20Cl2N4S/c21-17-7-2-1-6-16(17)14-26(12-5-11-25-13-10-23-15-25)20(27)24-19-9-4-3-8-18(19)22/h1-4,6-10,13,15H,5,11-12,14H2,(H,24,27). The molecule has 27 heavy (non-hydrogen) atoms. The summed E-state index contributed by atoms with van der Waals surface area (Å²) in [6.07, 6.45) is 6.48. The van der Waals surface area contributed by atoms with Gasteiger partial charge in [0.25, 0.3) is 0 Å². The lowest BCUT2D eigenvalue weighted by Gasteiger charge is -2.27. The normalized spacial score (nSPS) is 10.6. The molecule has 4 nitrogen and oxygen atoms in total. The van der Waals surface area contributed by atoms with Crippen LogP contribution in [0.25, 0.3) is 0 Å². The van der Waals surface area contributed by atoms with Crippen LogP contribution in [0.2, 0.25) is 10.0 Å². The van der Waals surface area contributed by atoms with Crippen molar-refractivity contribution in [3.05, 3.63) is 82.9 Å². The Hall–Kier alpha value is -2.08. The van der Waals surface area contributed by atoms with E-state index in [1.54, 1.807) is 6.20 Å². The molecular formula is C20H20Cl2N4S. The topological polar surface area (TPSA) is 33.1 Å². The summed E-state index contributed by atoms with van der Waals surface area (Å²) >= 11 is 18.3. The van der Waals surface area contributed by atoms with E-state index in [-0.39, 0.29) is 0 Å². The number of nitrogens with zero attached hydrogens (tertiary/aromatic N) is 3. The minimum atomic E-state index is 0.619. The Morgan fingerprint density at radius 2 is 1.81 bits per heavy atom. The van der Waals surface area contributed by atoms with Crippen LogP contribution in [-0.4, -0.2) is 26.1 Å². The number of hydrogen-bond donors (Lipinski definition) is 1. The van der Waals surface area contributed by atoms with Gasteiger partial charge in [0, 0.05) is 37.1 Å². The van der Waals surface area contributed by atoms with E-state index >= 15 is 0 Å². The lowest BCUT2D eigenvalue weighted by atomic mass is 10.2. The van der Waals surface area contributed by atoms with E-state index in [2.05, 4.69) is 19.8 Å². The molecule has 1 heterocycles. The lowest BCUT2D eigenvalue weighted by Crippen LogP contribution is -2.35. The van der Waals surface area contributed by atoms with Crippen LogP contribution in [0, 0.1) is 0 Å². The van der Waals surface area contributed by atoms with Gasteiger partial charge < -0.3 is 14.8 Å². The minimum Gasteiger partial charge on any atom is -0.345 e. The number of hydrogen-bond acceptors (Lipinski definition) is 2. The van der Waals surface area contributed by atoms with Gasteiger partial charge in [0.2, 0.25) is 0 Å². The molecule has 0 aliphatic rings. The third-order valence-corrected chi connectivity index (χ3v) is 5.18. The minimum absolute atomic E-state index is 0.619. The number of aryl methyl sites for hydroxylation is 1. The highest BCUT2D eigenvalue weighted by molar-refractivity contribution is 7.80. The molecule has 140 valence electrons. The summed E-state index contributed by atoms with van der Waals surface area (Å²) in [5.41, 5.74) is 1.83. The van der Waals surface area contributed by atoms with Gasteiger partial charge in [-0.15, -0.1) is 0 Å². The van der Waals surface area contributed by atoms with Gasteiger partial charge >= 0.3 is 0 Å². The summed E-state index contributed by atoms with van der Waals surface area (Å²) in [5, 5.41) is 5.25. The van der Waals surface area contributed by atoms with Crippen molar-refractivity contribution in [2.45, 2.75) is 19.5 Å². The molecule has 0 unspecified atom stereocenters. The molecule has 0 bridgehead atoms. The van der Waals surface area contributed by atoms with E-state index in [1.807, 2.05) is 61.1 Å². The van der Waals surface area contributed by atoms with Crippen molar-refractivity contribution in [3.8, 4) is 0 Å². The zero-order valence-corrected chi connectivity index (χ0v) is 17.0. The first-order chi connectivity index (χ1) is 13.1. The quantitative estimate of drug-likeness (QED) is 0.514. The maximum Gasteiger partial charge on any atom is 0.173 e. The average molecular weight is 419 g/mol. The Balaban J connectivity index is 1.70. The van der Waals surface area contributed by atoms with Crippen molar-refractivity contribution in [2.75, 3.05) is 11.9 Å². The fourth-order valence-electron chi connectivity index (χ4n) is 2.70. The molecule has 0 aliphatic carbocycles. The SMILES string of the molecule is S=C(Nc1ccccc1Cl)N(CCCn1ccnc1)Cc1ccccc1Cl. The van der Waals surface area contributed by atoms with Crippen LogP contribution in [0.5, 0.6) is 0 Å². The van der Waals surface area contributed by atoms with Gasteiger partial charge in [0.05, 0.1) is 17.0 Å². The van der Waals surface area contributed by atoms with Gasteiger partial charge in [-0.25, -0.2) is 4.98 Å². The number of halogens is 2. The zero-order chi connectivity index (χ0) is 19.1. The van der Waals surface area contributed by atoms with Crippen LogP contribution in [0.4, 0.5) is 5.69 Å². The van der Waals surface area contributed by atoms with E-state index in [0.717, 1.165) is 35.8 Å². The number of benzene rings is 2. The van der Waals surface area contributed by atoms with Crippen molar-refractivity contribution in [1.82, 2.24) is 14.5 Å². The van der Waals surface area contributed by atoms with Gasteiger partial charge in [-0.05, 0) is 42.4 Å². The highest BCUT2D eigenvalue weighted by Gasteiger charge is 2.13. The van der Waals surface area contributed by atoms with Crippen LogP contribution in [0.3, 0.4) is 0 Å². The number of thiocarbonyl (C=S) groups is 1. The molecule has 7 heteroatoms. The van der Waals surface area contributed by atoms with Gasteiger partial charge in [-0.1, -0.05) is 53.5 Å². The highest BCUT2D eigenvalue weighted by Crippen LogP contribution is 2.22. The molecule has 1 N–H and O–H groups in total. The largest absolute Gasteiger partial charge is 0.345 e. The molecular weight excluding hydrogens is 399 g/mol. The number of aromatic nitrogens is 2. The first-order valence-corrected chi connectivity index (χ1v) is 9.79. The van der Waals surface area contributed by atoms with Gasteiger partial charge in [-0.3, -0.25) is 0 Å². The van der Waals surface area contributed by atoms with Crippen LogP contribution in [0.1, 0.15) is 12.0 Å². The van der Waals surface area contributed by atoms with Crippen molar-refractivity contribution < 1.29 is 0 Å². The van der Waals surface area contributed by atoms with Crippen molar-refractivity contribution >= 4 is 46.2 Å². The molecule has 0 fully saturated rings. The fraction of sp³-hybridized carbons (Fsp3) is 0.200. The van der Waals surface area contributed by atoms with E-state index < -0.39 is 0 Å². The Labute approximate surface area is 174 Å². The highest BCUT2D eigenvalue weighted by atomic mass is 35.5. The van der Waals surface area contributed by atoms with Crippen molar-refractivity contribution in [1.29, 1.82) is 0 Å². The molecule has 3 rings (SSSR count). The van der Waals surface area contributed by atoms with E-state index in [0.29, 0.717) is 16.7 Å². The molecule has 0 atom stereocenters. The number of para-hydroxylation sites is 1. The van der Waals surface area contributed by atoms with Crippen molar-refractivity contribution in [2.24, 2.45) is 0 Å². The Kier molecular flexibility index (Phi) is 7.10. The van der Waals surface area contributed by atoms with Gasteiger partial charge in [-0.2, -0.15) is 0 Å².